The Hall–Kier alpha value is -1.91. The van der Waals surface area contributed by atoms with E-state index >= 15 is 0 Å². The summed E-state index contributed by atoms with van der Waals surface area (Å²) in [7, 11) is 0. The Kier molecular flexibility index (Phi) is 2.37. The molecule has 2 aromatic heterocycles. The van der Waals surface area contributed by atoms with Crippen molar-refractivity contribution in [2.75, 3.05) is 0 Å². The van der Waals surface area contributed by atoms with Crippen LogP contribution in [0.3, 0.4) is 0 Å². The molecule has 5 heteroatoms. The van der Waals surface area contributed by atoms with Gasteiger partial charge in [-0.2, -0.15) is 8.78 Å². The van der Waals surface area contributed by atoms with Crippen LogP contribution in [0.5, 0.6) is 0 Å². The van der Waals surface area contributed by atoms with E-state index in [0.29, 0.717) is 0 Å². The molecule has 0 fully saturated rings. The minimum Gasteiger partial charge on any atom is -0.255 e. The quantitative estimate of drug-likeness (QED) is 0.676. The van der Waals surface area contributed by atoms with Crippen molar-refractivity contribution in [3.8, 4) is 11.4 Å². The molecule has 0 amide bonds. The molecule has 0 saturated carbocycles. The Balaban J connectivity index is 2.56. The Morgan fingerprint density at radius 3 is 2.40 bits per heavy atom. The lowest BCUT2D eigenvalue weighted by Gasteiger charge is -2.00. The number of nitrogens with zero attached hydrogens (tertiary/aromatic N) is 2. The van der Waals surface area contributed by atoms with Crippen LogP contribution in [0.1, 0.15) is 0 Å². The first-order chi connectivity index (χ1) is 7.18. The van der Waals surface area contributed by atoms with Gasteiger partial charge in [0.25, 0.3) is 5.95 Å². The summed E-state index contributed by atoms with van der Waals surface area (Å²) in [6.45, 7) is 0. The molecule has 0 atom stereocenters. The van der Waals surface area contributed by atoms with Gasteiger partial charge in [0.2, 0.25) is 5.82 Å². The van der Waals surface area contributed by atoms with Gasteiger partial charge in [0.15, 0.2) is 5.82 Å². The average Bonchev–Trinajstić information content (AvgIpc) is 2.26. The molecule has 2 heterocycles. The van der Waals surface area contributed by atoms with Crippen molar-refractivity contribution < 1.29 is 13.2 Å². The molecule has 0 bridgehead atoms. The molecule has 0 saturated heterocycles. The van der Waals surface area contributed by atoms with Crippen molar-refractivity contribution in [2.24, 2.45) is 0 Å². The Bertz CT molecular complexity index is 462. The van der Waals surface area contributed by atoms with Crippen LogP contribution in [0.2, 0.25) is 0 Å². The van der Waals surface area contributed by atoms with E-state index in [9.17, 15) is 13.2 Å². The number of pyridine rings is 2. The fraction of sp³-hybridized carbons (Fsp3) is 0. The second kappa shape index (κ2) is 3.68. The maximum absolute atomic E-state index is 12.8. The van der Waals surface area contributed by atoms with E-state index in [1.165, 1.54) is 12.3 Å². The molecule has 0 aromatic carbocycles. The van der Waals surface area contributed by atoms with Crippen LogP contribution in [0.15, 0.2) is 30.5 Å². The van der Waals surface area contributed by atoms with E-state index in [4.69, 9.17) is 0 Å². The summed E-state index contributed by atoms with van der Waals surface area (Å²) in [6.07, 6.45) is 1.45. The van der Waals surface area contributed by atoms with Crippen LogP contribution < -0.4 is 0 Å². The number of hydrogen-bond acceptors (Lipinski definition) is 2. The van der Waals surface area contributed by atoms with E-state index in [-0.39, 0.29) is 11.4 Å². The molecular formula is C10H5F3N2. The summed E-state index contributed by atoms with van der Waals surface area (Å²) in [5, 5.41) is 0. The highest BCUT2D eigenvalue weighted by Crippen LogP contribution is 2.17. The van der Waals surface area contributed by atoms with Gasteiger partial charge in [0.1, 0.15) is 0 Å². The Morgan fingerprint density at radius 2 is 1.80 bits per heavy atom. The smallest absolute Gasteiger partial charge is 0.252 e. The summed E-state index contributed by atoms with van der Waals surface area (Å²) in [5.41, 5.74) is 0.252. The molecule has 0 aliphatic heterocycles. The van der Waals surface area contributed by atoms with Gasteiger partial charge in [-0.3, -0.25) is 4.98 Å². The Labute approximate surface area is 83.4 Å². The number of rotatable bonds is 1. The zero-order chi connectivity index (χ0) is 10.8. The summed E-state index contributed by atoms with van der Waals surface area (Å²) in [4.78, 5) is 7.10. The van der Waals surface area contributed by atoms with Gasteiger partial charge in [-0.05, 0) is 12.1 Å². The third-order valence-electron chi connectivity index (χ3n) is 1.80. The predicted octanol–water partition coefficient (Wildman–Crippen LogP) is 2.56. The summed E-state index contributed by atoms with van der Waals surface area (Å²) in [6, 6.07) is 5.63. The Morgan fingerprint density at radius 1 is 1.00 bits per heavy atom. The molecule has 0 aliphatic rings. The molecule has 15 heavy (non-hydrogen) atoms. The van der Waals surface area contributed by atoms with Crippen LogP contribution in [0.4, 0.5) is 13.2 Å². The molecule has 0 spiro atoms. The second-order valence-electron chi connectivity index (χ2n) is 2.81. The molecular weight excluding hydrogens is 205 g/mol. The zero-order valence-corrected chi connectivity index (χ0v) is 7.42. The van der Waals surface area contributed by atoms with E-state index in [0.717, 1.165) is 6.07 Å². The topological polar surface area (TPSA) is 25.8 Å². The van der Waals surface area contributed by atoms with Gasteiger partial charge < -0.3 is 0 Å². The highest BCUT2D eigenvalue weighted by atomic mass is 19.2. The third-order valence-corrected chi connectivity index (χ3v) is 1.80. The van der Waals surface area contributed by atoms with E-state index in [1.807, 2.05) is 0 Å². The zero-order valence-electron chi connectivity index (χ0n) is 7.42. The van der Waals surface area contributed by atoms with Gasteiger partial charge in [-0.25, -0.2) is 9.37 Å². The van der Waals surface area contributed by atoms with Crippen molar-refractivity contribution in [1.82, 2.24) is 9.97 Å². The second-order valence-corrected chi connectivity index (χ2v) is 2.81. The minimum absolute atomic E-state index is 0.0352. The first kappa shape index (κ1) is 9.64. The highest BCUT2D eigenvalue weighted by molar-refractivity contribution is 5.53. The van der Waals surface area contributed by atoms with Crippen LogP contribution in [-0.2, 0) is 0 Å². The molecule has 76 valence electrons. The average molecular weight is 210 g/mol. The van der Waals surface area contributed by atoms with Crippen molar-refractivity contribution in [2.45, 2.75) is 0 Å². The van der Waals surface area contributed by atoms with Crippen molar-refractivity contribution >= 4 is 0 Å². The van der Waals surface area contributed by atoms with Crippen molar-refractivity contribution in [1.29, 1.82) is 0 Å². The molecule has 2 nitrogen and oxygen atoms in total. The maximum atomic E-state index is 12.8. The summed E-state index contributed by atoms with van der Waals surface area (Å²) in [5.74, 6) is -4.31. The minimum atomic E-state index is -1.57. The molecule has 0 N–H and O–H groups in total. The van der Waals surface area contributed by atoms with E-state index in [1.54, 1.807) is 12.1 Å². The lowest BCUT2D eigenvalue weighted by atomic mass is 10.2. The molecule has 2 rings (SSSR count). The number of halogens is 3. The monoisotopic (exact) mass is 210 g/mol. The third kappa shape index (κ3) is 1.81. The molecule has 0 radical (unpaired) electrons. The summed E-state index contributed by atoms with van der Waals surface area (Å²) >= 11 is 0. The first-order valence-electron chi connectivity index (χ1n) is 4.11. The van der Waals surface area contributed by atoms with Crippen molar-refractivity contribution in [3.05, 3.63) is 48.0 Å². The van der Waals surface area contributed by atoms with Crippen molar-refractivity contribution in [3.63, 3.8) is 0 Å². The highest BCUT2D eigenvalue weighted by Gasteiger charge is 2.13. The lowest BCUT2D eigenvalue weighted by Crippen LogP contribution is -1.97. The maximum Gasteiger partial charge on any atom is 0.252 e. The van der Waals surface area contributed by atoms with Crippen LogP contribution >= 0.6 is 0 Å². The number of hydrogen-bond donors (Lipinski definition) is 0. The van der Waals surface area contributed by atoms with Gasteiger partial charge in [0, 0.05) is 12.3 Å². The standard InChI is InChI=1S/C10H5F3N2/c11-6-5-8(15-10(13)9(6)12)7-3-1-2-4-14-7/h1-5H. The van der Waals surface area contributed by atoms with Crippen LogP contribution in [0.25, 0.3) is 11.4 Å². The predicted molar refractivity (Wildman–Crippen MR) is 47.3 cm³/mol. The fourth-order valence-electron chi connectivity index (χ4n) is 1.11. The molecule has 0 unspecified atom stereocenters. The largest absolute Gasteiger partial charge is 0.255 e. The van der Waals surface area contributed by atoms with Gasteiger partial charge in [-0.1, -0.05) is 6.07 Å². The fourth-order valence-corrected chi connectivity index (χ4v) is 1.11. The number of aromatic nitrogens is 2. The van der Waals surface area contributed by atoms with E-state index in [2.05, 4.69) is 9.97 Å². The SMILES string of the molecule is Fc1cc(-c2ccccn2)nc(F)c1F. The molecule has 2 aromatic rings. The van der Waals surface area contributed by atoms with Crippen LogP contribution in [0, 0.1) is 17.6 Å². The van der Waals surface area contributed by atoms with Gasteiger partial charge >= 0.3 is 0 Å². The summed E-state index contributed by atoms with van der Waals surface area (Å²) < 4.78 is 38.2. The van der Waals surface area contributed by atoms with Crippen LogP contribution in [-0.4, -0.2) is 9.97 Å². The first-order valence-corrected chi connectivity index (χ1v) is 4.11. The molecule has 0 aliphatic carbocycles. The van der Waals surface area contributed by atoms with E-state index < -0.39 is 17.6 Å². The van der Waals surface area contributed by atoms with Gasteiger partial charge in [-0.15, -0.1) is 0 Å². The van der Waals surface area contributed by atoms with Gasteiger partial charge in [0.05, 0.1) is 11.4 Å². The normalized spacial score (nSPS) is 10.3. The lowest BCUT2D eigenvalue weighted by molar-refractivity contribution is 0.428.